The maximum atomic E-state index is 14.0. The van der Waals surface area contributed by atoms with Gasteiger partial charge in [-0.1, -0.05) is 66.2 Å². The van der Waals surface area contributed by atoms with E-state index in [-0.39, 0.29) is 17.4 Å². The Bertz CT molecular complexity index is 1360. The van der Waals surface area contributed by atoms with E-state index in [1.54, 1.807) is 10.6 Å². The minimum atomic E-state index is -0.341. The number of benzene rings is 2. The Balaban J connectivity index is 1.53. The normalized spacial score (nSPS) is 15.1. The summed E-state index contributed by atoms with van der Waals surface area (Å²) in [6.45, 7) is 7.49. The first kappa shape index (κ1) is 23.8. The summed E-state index contributed by atoms with van der Waals surface area (Å²) >= 11 is 0. The summed E-state index contributed by atoms with van der Waals surface area (Å²) in [6, 6.07) is 25.6. The van der Waals surface area contributed by atoms with E-state index in [4.69, 9.17) is 0 Å². The number of aryl methyl sites for hydroxylation is 2. The molecule has 4 aromatic rings. The van der Waals surface area contributed by atoms with Crippen LogP contribution in [0.5, 0.6) is 5.75 Å². The summed E-state index contributed by atoms with van der Waals surface area (Å²) in [7, 11) is 0. The lowest BCUT2D eigenvalue weighted by atomic mass is 9.95. The summed E-state index contributed by atoms with van der Waals surface area (Å²) in [4.78, 5) is 23.1. The van der Waals surface area contributed by atoms with Crippen LogP contribution in [0, 0.1) is 13.8 Å². The summed E-state index contributed by atoms with van der Waals surface area (Å²) < 4.78 is 1.77. The molecule has 0 saturated carbocycles. The summed E-state index contributed by atoms with van der Waals surface area (Å²) in [5, 5.41) is 11.1. The Hall–Kier alpha value is -3.90. The average molecular weight is 481 g/mol. The molecule has 1 aliphatic heterocycles. The SMILES string of the molecule is Cc1ccc([C@@H](c2c(O)cc(C)n(Cc3ccccc3)c2=O)N2CCN(c3ccccn3)CC2)cc1. The number of nitrogens with zero attached hydrogens (tertiary/aromatic N) is 4. The number of aromatic hydroxyl groups is 1. The highest BCUT2D eigenvalue weighted by molar-refractivity contribution is 5.43. The van der Waals surface area contributed by atoms with Crippen LogP contribution in [0.25, 0.3) is 0 Å². The third kappa shape index (κ3) is 4.90. The molecule has 6 heteroatoms. The number of aromatic nitrogens is 2. The summed E-state index contributed by atoms with van der Waals surface area (Å²) in [5.74, 6) is 1.02. The van der Waals surface area contributed by atoms with E-state index in [9.17, 15) is 9.90 Å². The Kier molecular flexibility index (Phi) is 6.87. The second-order valence-corrected chi connectivity index (χ2v) is 9.49. The van der Waals surface area contributed by atoms with Crippen molar-refractivity contribution in [2.24, 2.45) is 0 Å². The van der Waals surface area contributed by atoms with Crippen molar-refractivity contribution in [2.45, 2.75) is 26.4 Å². The maximum Gasteiger partial charge on any atom is 0.259 e. The zero-order valence-electron chi connectivity index (χ0n) is 20.8. The number of rotatable bonds is 6. The van der Waals surface area contributed by atoms with Gasteiger partial charge in [0.1, 0.15) is 11.6 Å². The Morgan fingerprint density at radius 2 is 1.58 bits per heavy atom. The van der Waals surface area contributed by atoms with E-state index in [0.29, 0.717) is 12.1 Å². The largest absolute Gasteiger partial charge is 0.507 e. The molecule has 0 spiro atoms. The molecule has 6 nitrogen and oxygen atoms in total. The number of piperazine rings is 1. The fourth-order valence-electron chi connectivity index (χ4n) is 5.05. The zero-order chi connectivity index (χ0) is 25.1. The highest BCUT2D eigenvalue weighted by Gasteiger charge is 2.31. The van der Waals surface area contributed by atoms with E-state index in [0.717, 1.165) is 54.4 Å². The minimum absolute atomic E-state index is 0.0551. The quantitative estimate of drug-likeness (QED) is 0.440. The number of anilines is 1. The minimum Gasteiger partial charge on any atom is -0.507 e. The molecule has 1 fully saturated rings. The molecule has 0 unspecified atom stereocenters. The Morgan fingerprint density at radius 1 is 0.889 bits per heavy atom. The predicted octanol–water partition coefficient (Wildman–Crippen LogP) is 4.53. The van der Waals surface area contributed by atoms with Crippen LogP contribution in [-0.2, 0) is 6.54 Å². The van der Waals surface area contributed by atoms with Crippen molar-refractivity contribution in [3.05, 3.63) is 123 Å². The smallest absolute Gasteiger partial charge is 0.259 e. The van der Waals surface area contributed by atoms with Gasteiger partial charge in [-0.25, -0.2) is 4.98 Å². The first-order chi connectivity index (χ1) is 17.5. The lowest BCUT2D eigenvalue weighted by molar-refractivity contribution is 0.207. The zero-order valence-corrected chi connectivity index (χ0v) is 20.8. The van der Waals surface area contributed by atoms with Gasteiger partial charge in [-0.15, -0.1) is 0 Å². The molecule has 0 amide bonds. The molecule has 0 aliphatic carbocycles. The lowest BCUT2D eigenvalue weighted by Crippen LogP contribution is -2.49. The number of pyridine rings is 2. The summed E-state index contributed by atoms with van der Waals surface area (Å²) in [6.07, 6.45) is 1.82. The molecule has 0 radical (unpaired) electrons. The first-order valence-electron chi connectivity index (χ1n) is 12.4. The Morgan fingerprint density at radius 3 is 2.25 bits per heavy atom. The molecule has 1 atom stereocenters. The van der Waals surface area contributed by atoms with Gasteiger partial charge in [-0.3, -0.25) is 9.69 Å². The van der Waals surface area contributed by atoms with Gasteiger partial charge >= 0.3 is 0 Å². The fraction of sp³-hybridized carbons (Fsp3) is 0.267. The number of hydrogen-bond acceptors (Lipinski definition) is 5. The molecule has 1 aliphatic rings. The molecule has 1 N–H and O–H groups in total. The lowest BCUT2D eigenvalue weighted by Gasteiger charge is -2.40. The second-order valence-electron chi connectivity index (χ2n) is 9.49. The third-order valence-electron chi connectivity index (χ3n) is 7.03. The van der Waals surface area contributed by atoms with E-state index >= 15 is 0 Å². The van der Waals surface area contributed by atoms with Crippen LogP contribution < -0.4 is 10.5 Å². The van der Waals surface area contributed by atoms with Crippen LogP contribution in [0.3, 0.4) is 0 Å². The molecule has 2 aromatic heterocycles. The van der Waals surface area contributed by atoms with Crippen molar-refractivity contribution in [3.63, 3.8) is 0 Å². The van der Waals surface area contributed by atoms with Crippen molar-refractivity contribution in [1.29, 1.82) is 0 Å². The van der Waals surface area contributed by atoms with Crippen LogP contribution in [0.15, 0.2) is 89.9 Å². The van der Waals surface area contributed by atoms with E-state index in [2.05, 4.69) is 46.0 Å². The van der Waals surface area contributed by atoms with Crippen LogP contribution in [0.4, 0.5) is 5.82 Å². The molecule has 0 bridgehead atoms. The standard InChI is InChI=1S/C30H32N4O2/c1-22-11-13-25(14-12-22)29(33-18-16-32(17-19-33)27-10-6-7-15-31-27)28-26(35)20-23(2)34(30(28)36)21-24-8-4-3-5-9-24/h3-15,20,29,35H,16-19,21H2,1-2H3/t29-/m0/s1. The summed E-state index contributed by atoms with van der Waals surface area (Å²) in [5.41, 5.74) is 4.25. The van der Waals surface area contributed by atoms with Crippen molar-refractivity contribution in [3.8, 4) is 5.75 Å². The average Bonchev–Trinajstić information content (AvgIpc) is 2.91. The highest BCUT2D eigenvalue weighted by atomic mass is 16.3. The number of hydrogen-bond donors (Lipinski definition) is 1. The van der Waals surface area contributed by atoms with Gasteiger partial charge in [-0.05, 0) is 43.2 Å². The highest BCUT2D eigenvalue weighted by Crippen LogP contribution is 2.34. The molecular weight excluding hydrogens is 448 g/mol. The maximum absolute atomic E-state index is 14.0. The third-order valence-corrected chi connectivity index (χ3v) is 7.03. The first-order valence-corrected chi connectivity index (χ1v) is 12.4. The van der Waals surface area contributed by atoms with Gasteiger partial charge in [0.05, 0.1) is 18.2 Å². The van der Waals surface area contributed by atoms with Crippen LogP contribution >= 0.6 is 0 Å². The van der Waals surface area contributed by atoms with Gasteiger partial charge in [0.2, 0.25) is 0 Å². The molecular formula is C30H32N4O2. The molecule has 3 heterocycles. The fourth-order valence-corrected chi connectivity index (χ4v) is 5.05. The van der Waals surface area contributed by atoms with Gasteiger partial charge < -0.3 is 14.6 Å². The van der Waals surface area contributed by atoms with E-state index in [1.807, 2.05) is 61.7 Å². The van der Waals surface area contributed by atoms with Crippen LogP contribution in [-0.4, -0.2) is 45.7 Å². The van der Waals surface area contributed by atoms with Gasteiger partial charge in [0.15, 0.2) is 0 Å². The van der Waals surface area contributed by atoms with E-state index < -0.39 is 0 Å². The predicted molar refractivity (Wildman–Crippen MR) is 144 cm³/mol. The molecule has 1 saturated heterocycles. The monoisotopic (exact) mass is 480 g/mol. The van der Waals surface area contributed by atoms with E-state index in [1.165, 1.54) is 0 Å². The van der Waals surface area contributed by atoms with Gasteiger partial charge in [-0.2, -0.15) is 0 Å². The molecule has 2 aromatic carbocycles. The van der Waals surface area contributed by atoms with Gasteiger partial charge in [0.25, 0.3) is 5.56 Å². The van der Waals surface area contributed by atoms with Crippen molar-refractivity contribution >= 4 is 5.82 Å². The van der Waals surface area contributed by atoms with Crippen molar-refractivity contribution in [2.75, 3.05) is 31.1 Å². The Labute approximate surface area is 212 Å². The second kappa shape index (κ2) is 10.4. The van der Waals surface area contributed by atoms with Gasteiger partial charge in [0, 0.05) is 38.1 Å². The van der Waals surface area contributed by atoms with Crippen molar-refractivity contribution < 1.29 is 5.11 Å². The molecule has 184 valence electrons. The van der Waals surface area contributed by atoms with Crippen LogP contribution in [0.1, 0.15) is 34.0 Å². The van der Waals surface area contributed by atoms with Crippen molar-refractivity contribution in [1.82, 2.24) is 14.5 Å². The molecule has 36 heavy (non-hydrogen) atoms. The molecule has 5 rings (SSSR count). The van der Waals surface area contributed by atoms with Crippen LogP contribution in [0.2, 0.25) is 0 Å². The topological polar surface area (TPSA) is 61.6 Å².